The van der Waals surface area contributed by atoms with Crippen LogP contribution in [-0.4, -0.2) is 39.2 Å². The van der Waals surface area contributed by atoms with Crippen LogP contribution >= 0.6 is 11.6 Å². The van der Waals surface area contributed by atoms with E-state index in [9.17, 15) is 13.2 Å². The molecule has 3 N–H and O–H groups in total. The number of hydrogen-bond acceptors (Lipinski definition) is 5. The standard InChI is InChI=1S/C19H23ClN2O5S/c1-14(15-6-3-2-4-7-15)22-28(25,26)16-8-9-18(17(20)12-16)27-13-19(24)21-10-5-11-23/h2-4,6-9,12,14,22-23H,5,10-11,13H2,1H3,(H,21,24)/t14-/m1/s1. The molecule has 0 heterocycles. The highest BCUT2D eigenvalue weighted by atomic mass is 35.5. The van der Waals surface area contributed by atoms with Gasteiger partial charge in [-0.1, -0.05) is 41.9 Å². The summed E-state index contributed by atoms with van der Waals surface area (Å²) >= 11 is 6.12. The van der Waals surface area contributed by atoms with Crippen molar-refractivity contribution in [3.8, 4) is 5.75 Å². The van der Waals surface area contributed by atoms with Gasteiger partial charge >= 0.3 is 0 Å². The van der Waals surface area contributed by atoms with Gasteiger partial charge in [0, 0.05) is 19.2 Å². The molecule has 2 aromatic carbocycles. The van der Waals surface area contributed by atoms with Crippen LogP contribution in [0.2, 0.25) is 5.02 Å². The molecule has 0 saturated carbocycles. The molecule has 28 heavy (non-hydrogen) atoms. The van der Waals surface area contributed by atoms with Gasteiger partial charge in [-0.25, -0.2) is 13.1 Å². The Morgan fingerprint density at radius 1 is 1.21 bits per heavy atom. The molecule has 7 nitrogen and oxygen atoms in total. The van der Waals surface area contributed by atoms with Gasteiger partial charge in [-0.2, -0.15) is 0 Å². The maximum absolute atomic E-state index is 12.6. The first-order valence-corrected chi connectivity index (χ1v) is 10.6. The molecule has 0 spiro atoms. The van der Waals surface area contributed by atoms with Crippen molar-refractivity contribution < 1.29 is 23.1 Å². The molecule has 0 fully saturated rings. The number of rotatable bonds is 10. The average Bonchev–Trinajstić information content (AvgIpc) is 2.67. The van der Waals surface area contributed by atoms with Gasteiger partial charge in [-0.05, 0) is 37.1 Å². The van der Waals surface area contributed by atoms with Crippen molar-refractivity contribution in [3.63, 3.8) is 0 Å². The first-order chi connectivity index (χ1) is 13.3. The van der Waals surface area contributed by atoms with E-state index in [1.807, 2.05) is 30.3 Å². The predicted octanol–water partition coefficient (Wildman–Crippen LogP) is 2.26. The van der Waals surface area contributed by atoms with Crippen molar-refractivity contribution in [2.75, 3.05) is 19.8 Å². The van der Waals surface area contributed by atoms with E-state index in [-0.39, 0.29) is 34.8 Å². The molecule has 0 aromatic heterocycles. The summed E-state index contributed by atoms with van der Waals surface area (Å²) in [6, 6.07) is 12.8. The monoisotopic (exact) mass is 426 g/mol. The van der Waals surface area contributed by atoms with E-state index in [1.54, 1.807) is 6.92 Å². The lowest BCUT2D eigenvalue weighted by Crippen LogP contribution is -2.30. The van der Waals surface area contributed by atoms with Gasteiger partial charge in [-0.15, -0.1) is 0 Å². The van der Waals surface area contributed by atoms with Crippen molar-refractivity contribution in [3.05, 3.63) is 59.1 Å². The third-order valence-electron chi connectivity index (χ3n) is 3.86. The first kappa shape index (κ1) is 22.2. The highest BCUT2D eigenvalue weighted by Crippen LogP contribution is 2.28. The third kappa shape index (κ3) is 6.49. The summed E-state index contributed by atoms with van der Waals surface area (Å²) < 4.78 is 33.1. The second-order valence-electron chi connectivity index (χ2n) is 6.06. The lowest BCUT2D eigenvalue weighted by atomic mass is 10.1. The van der Waals surface area contributed by atoms with Crippen LogP contribution in [0.5, 0.6) is 5.75 Å². The Morgan fingerprint density at radius 2 is 1.93 bits per heavy atom. The Hall–Kier alpha value is -2.13. The molecule has 1 amide bonds. The minimum Gasteiger partial charge on any atom is -0.482 e. The fourth-order valence-corrected chi connectivity index (χ4v) is 3.94. The van der Waals surface area contributed by atoms with E-state index in [0.717, 1.165) is 5.56 Å². The van der Waals surface area contributed by atoms with Gasteiger partial charge in [0.25, 0.3) is 5.91 Å². The largest absolute Gasteiger partial charge is 0.482 e. The van der Waals surface area contributed by atoms with Gasteiger partial charge < -0.3 is 15.2 Å². The zero-order chi connectivity index (χ0) is 20.6. The molecular formula is C19H23ClN2O5S. The molecule has 0 aliphatic heterocycles. The van der Waals surface area contributed by atoms with Crippen LogP contribution in [0.1, 0.15) is 24.9 Å². The second kappa shape index (κ2) is 10.4. The van der Waals surface area contributed by atoms with Crippen LogP contribution in [0, 0.1) is 0 Å². The van der Waals surface area contributed by atoms with Gasteiger partial charge in [0.2, 0.25) is 10.0 Å². The molecule has 0 bridgehead atoms. The van der Waals surface area contributed by atoms with E-state index in [2.05, 4.69) is 10.0 Å². The molecule has 0 radical (unpaired) electrons. The van der Waals surface area contributed by atoms with Crippen LogP contribution < -0.4 is 14.8 Å². The zero-order valence-electron chi connectivity index (χ0n) is 15.4. The quantitative estimate of drug-likeness (QED) is 0.505. The normalized spacial score (nSPS) is 12.4. The number of aliphatic hydroxyl groups is 1. The molecule has 1 atom stereocenters. The lowest BCUT2D eigenvalue weighted by molar-refractivity contribution is -0.123. The Kier molecular flexibility index (Phi) is 8.25. The topological polar surface area (TPSA) is 105 Å². The predicted molar refractivity (Wildman–Crippen MR) is 107 cm³/mol. The summed E-state index contributed by atoms with van der Waals surface area (Å²) in [6.45, 7) is 1.82. The maximum atomic E-state index is 12.6. The van der Waals surface area contributed by atoms with Crippen molar-refractivity contribution in [1.29, 1.82) is 0 Å². The Bertz CT molecular complexity index is 890. The Balaban J connectivity index is 2.01. The fourth-order valence-electron chi connectivity index (χ4n) is 2.38. The second-order valence-corrected chi connectivity index (χ2v) is 8.18. The summed E-state index contributed by atoms with van der Waals surface area (Å²) in [6.07, 6.45) is 0.452. The number of ether oxygens (including phenoxy) is 1. The zero-order valence-corrected chi connectivity index (χ0v) is 17.0. The number of carbonyl (C=O) groups excluding carboxylic acids is 1. The van der Waals surface area contributed by atoms with Gasteiger partial charge in [0.05, 0.1) is 9.92 Å². The molecule has 2 rings (SSSR count). The number of benzene rings is 2. The Labute approximate surface area is 169 Å². The lowest BCUT2D eigenvalue weighted by Gasteiger charge is -2.15. The molecule has 2 aromatic rings. The van der Waals surface area contributed by atoms with Crippen LogP contribution in [-0.2, 0) is 14.8 Å². The average molecular weight is 427 g/mol. The minimum absolute atomic E-state index is 0.0000263. The molecule has 0 unspecified atom stereocenters. The van der Waals surface area contributed by atoms with Gasteiger partial charge in [0.1, 0.15) is 5.75 Å². The number of sulfonamides is 1. The number of halogens is 1. The van der Waals surface area contributed by atoms with Crippen LogP contribution in [0.3, 0.4) is 0 Å². The molecule has 0 aliphatic carbocycles. The number of nitrogens with one attached hydrogen (secondary N) is 2. The van der Waals surface area contributed by atoms with Crippen molar-refractivity contribution >= 4 is 27.5 Å². The van der Waals surface area contributed by atoms with Crippen molar-refractivity contribution in [2.24, 2.45) is 0 Å². The molecule has 0 aliphatic rings. The first-order valence-electron chi connectivity index (χ1n) is 8.70. The SMILES string of the molecule is C[C@@H](NS(=O)(=O)c1ccc(OCC(=O)NCCCO)c(Cl)c1)c1ccccc1. The maximum Gasteiger partial charge on any atom is 0.257 e. The van der Waals surface area contributed by atoms with E-state index in [4.69, 9.17) is 21.4 Å². The number of amides is 1. The highest BCUT2D eigenvalue weighted by molar-refractivity contribution is 7.89. The molecule has 152 valence electrons. The smallest absolute Gasteiger partial charge is 0.257 e. The van der Waals surface area contributed by atoms with Gasteiger partial charge in [-0.3, -0.25) is 4.79 Å². The summed E-state index contributed by atoms with van der Waals surface area (Å²) in [5, 5.41) is 11.3. The number of aliphatic hydroxyl groups excluding tert-OH is 1. The highest BCUT2D eigenvalue weighted by Gasteiger charge is 2.20. The number of hydrogen-bond donors (Lipinski definition) is 3. The van der Waals surface area contributed by atoms with Crippen LogP contribution in [0.25, 0.3) is 0 Å². The van der Waals surface area contributed by atoms with Gasteiger partial charge in [0.15, 0.2) is 6.61 Å². The van der Waals surface area contributed by atoms with Crippen LogP contribution in [0.4, 0.5) is 0 Å². The van der Waals surface area contributed by atoms with Crippen molar-refractivity contribution in [2.45, 2.75) is 24.3 Å². The fraction of sp³-hybridized carbons (Fsp3) is 0.316. The summed E-state index contributed by atoms with van der Waals surface area (Å²) in [7, 11) is -3.79. The van der Waals surface area contributed by atoms with Crippen LogP contribution in [0.15, 0.2) is 53.4 Å². The van der Waals surface area contributed by atoms with E-state index >= 15 is 0 Å². The molecule has 9 heteroatoms. The Morgan fingerprint density at radius 3 is 2.57 bits per heavy atom. The molecular weight excluding hydrogens is 404 g/mol. The molecule has 0 saturated heterocycles. The minimum atomic E-state index is -3.79. The summed E-state index contributed by atoms with van der Waals surface area (Å²) in [5.74, 6) is -0.159. The van der Waals surface area contributed by atoms with E-state index < -0.39 is 16.1 Å². The third-order valence-corrected chi connectivity index (χ3v) is 5.69. The van der Waals surface area contributed by atoms with E-state index in [0.29, 0.717) is 13.0 Å². The number of carbonyl (C=O) groups is 1. The van der Waals surface area contributed by atoms with Crippen molar-refractivity contribution in [1.82, 2.24) is 10.0 Å². The van der Waals surface area contributed by atoms with E-state index in [1.165, 1.54) is 18.2 Å². The summed E-state index contributed by atoms with van der Waals surface area (Å²) in [4.78, 5) is 11.6. The summed E-state index contributed by atoms with van der Waals surface area (Å²) in [5.41, 5.74) is 0.837.